The van der Waals surface area contributed by atoms with Crippen LogP contribution < -0.4 is 4.90 Å². The highest BCUT2D eigenvalue weighted by molar-refractivity contribution is 7.26. The zero-order valence-corrected chi connectivity index (χ0v) is 31.9. The van der Waals surface area contributed by atoms with E-state index in [4.69, 9.17) is 0 Å². The number of thiophene rings is 1. The van der Waals surface area contributed by atoms with Gasteiger partial charge in [-0.1, -0.05) is 158 Å². The summed E-state index contributed by atoms with van der Waals surface area (Å²) in [6.45, 7) is 0. The fourth-order valence-electron chi connectivity index (χ4n) is 9.62. The second-order valence-corrected chi connectivity index (χ2v) is 16.3. The zero-order valence-electron chi connectivity index (χ0n) is 31.1. The third kappa shape index (κ3) is 5.02. The number of benzene rings is 8. The minimum Gasteiger partial charge on any atom is -0.333 e. The lowest BCUT2D eigenvalue weighted by Crippen LogP contribution is -2.30. The molecule has 0 N–H and O–H groups in total. The molecule has 2 aromatic heterocycles. The van der Waals surface area contributed by atoms with Crippen molar-refractivity contribution in [1.29, 1.82) is 0 Å². The topological polar surface area (TPSA) is 8.17 Å². The third-order valence-corrected chi connectivity index (χ3v) is 13.4. The molecule has 1 aliphatic heterocycles. The van der Waals surface area contributed by atoms with Crippen LogP contribution in [-0.4, -0.2) is 10.6 Å². The molecule has 57 heavy (non-hydrogen) atoms. The highest BCUT2D eigenvalue weighted by Gasteiger charge is 2.41. The van der Waals surface area contributed by atoms with E-state index in [1.54, 1.807) is 0 Å². The average Bonchev–Trinajstić information content (AvgIpc) is 3.94. The molecule has 1 aliphatic carbocycles. The Kier molecular flexibility index (Phi) is 7.26. The van der Waals surface area contributed by atoms with Crippen LogP contribution in [0, 0.1) is 0 Å². The second-order valence-electron chi connectivity index (χ2n) is 15.2. The van der Waals surface area contributed by atoms with Crippen LogP contribution in [-0.2, 0) is 0 Å². The maximum absolute atomic E-state index is 2.61. The van der Waals surface area contributed by atoms with E-state index in [-0.39, 0.29) is 12.0 Å². The molecule has 0 fully saturated rings. The highest BCUT2D eigenvalue weighted by Crippen LogP contribution is 2.54. The van der Waals surface area contributed by atoms with E-state index < -0.39 is 0 Å². The van der Waals surface area contributed by atoms with E-state index in [0.29, 0.717) is 0 Å². The summed E-state index contributed by atoms with van der Waals surface area (Å²) in [7, 11) is 0. The van der Waals surface area contributed by atoms with Crippen LogP contribution in [0.15, 0.2) is 206 Å². The number of fused-ring (bicyclic) bond motifs is 9. The lowest BCUT2D eigenvalue weighted by molar-refractivity contribution is 0.759. The summed E-state index contributed by atoms with van der Waals surface area (Å²) in [5.74, 6) is 0.168. The number of rotatable bonds is 5. The quantitative estimate of drug-likeness (QED) is 0.170. The van der Waals surface area contributed by atoms with Gasteiger partial charge in [0.2, 0.25) is 0 Å². The molecule has 0 radical (unpaired) electrons. The molecule has 2 nitrogen and oxygen atoms in total. The number of hydrogen-bond acceptors (Lipinski definition) is 2. The van der Waals surface area contributed by atoms with Crippen molar-refractivity contribution in [2.24, 2.45) is 0 Å². The molecule has 2 aliphatic rings. The van der Waals surface area contributed by atoms with Gasteiger partial charge in [-0.25, -0.2) is 0 Å². The minimum atomic E-state index is 0.119. The number of para-hydroxylation sites is 3. The van der Waals surface area contributed by atoms with Crippen molar-refractivity contribution >= 4 is 70.3 Å². The first-order chi connectivity index (χ1) is 28.3. The molecule has 0 amide bonds. The maximum Gasteiger partial charge on any atom is 0.0635 e. The number of anilines is 2. The summed E-state index contributed by atoms with van der Waals surface area (Å²) >= 11 is 1.90. The van der Waals surface area contributed by atoms with Gasteiger partial charge in [0.1, 0.15) is 0 Å². The molecule has 0 spiro atoms. The first kappa shape index (κ1) is 32.3. The van der Waals surface area contributed by atoms with Crippen LogP contribution in [0.25, 0.3) is 75.5 Å². The molecule has 268 valence electrons. The van der Waals surface area contributed by atoms with E-state index in [2.05, 4.69) is 216 Å². The number of allylic oxidation sites excluding steroid dienone is 2. The van der Waals surface area contributed by atoms with Crippen LogP contribution in [0.1, 0.15) is 17.0 Å². The predicted octanol–water partition coefficient (Wildman–Crippen LogP) is 14.7. The molecule has 2 atom stereocenters. The molecule has 3 heteroatoms. The van der Waals surface area contributed by atoms with Gasteiger partial charge in [0.05, 0.1) is 17.1 Å². The van der Waals surface area contributed by atoms with E-state index in [9.17, 15) is 0 Å². The van der Waals surface area contributed by atoms with Gasteiger partial charge in [-0.2, -0.15) is 0 Å². The van der Waals surface area contributed by atoms with Crippen molar-refractivity contribution in [3.63, 3.8) is 0 Å². The van der Waals surface area contributed by atoms with E-state index in [1.807, 2.05) is 11.3 Å². The Labute approximate surface area is 335 Å². The van der Waals surface area contributed by atoms with Gasteiger partial charge in [-0.3, -0.25) is 0 Å². The SMILES string of the molecule is C1=CC2C(C(c3ccc4c5ccccc5n(-c5ccccc5)c4c3)=C1)c1ccccc1N2c1cc(-c2ccc(-c3ccccc3)cc2)c2sc3ccccc3c2c1. The summed E-state index contributed by atoms with van der Waals surface area (Å²) in [6, 6.07) is 69.4. The Morgan fingerprint density at radius 3 is 1.98 bits per heavy atom. The molecule has 3 heterocycles. The van der Waals surface area contributed by atoms with E-state index >= 15 is 0 Å². The maximum atomic E-state index is 2.61. The predicted molar refractivity (Wildman–Crippen MR) is 243 cm³/mol. The second kappa shape index (κ2) is 12.8. The van der Waals surface area contributed by atoms with Crippen molar-refractivity contribution in [3.05, 3.63) is 217 Å². The van der Waals surface area contributed by atoms with Gasteiger partial charge in [0.15, 0.2) is 0 Å². The molecular formula is C54H36N2S. The van der Waals surface area contributed by atoms with Crippen molar-refractivity contribution in [1.82, 2.24) is 4.57 Å². The van der Waals surface area contributed by atoms with Crippen molar-refractivity contribution in [3.8, 4) is 27.9 Å². The van der Waals surface area contributed by atoms with Crippen molar-refractivity contribution < 1.29 is 0 Å². The normalized spacial score (nSPS) is 16.1. The van der Waals surface area contributed by atoms with E-state index in [0.717, 1.165) is 0 Å². The minimum absolute atomic E-state index is 0.119. The lowest BCUT2D eigenvalue weighted by atomic mass is 9.80. The Morgan fingerprint density at radius 1 is 0.456 bits per heavy atom. The molecule has 0 saturated heterocycles. The summed E-state index contributed by atoms with van der Waals surface area (Å²) in [5.41, 5.74) is 15.1. The summed E-state index contributed by atoms with van der Waals surface area (Å²) in [6.07, 6.45) is 7.05. The van der Waals surface area contributed by atoms with Crippen molar-refractivity contribution in [2.45, 2.75) is 12.0 Å². The Hall–Kier alpha value is -6.94. The summed E-state index contributed by atoms with van der Waals surface area (Å²) < 4.78 is 5.07. The Morgan fingerprint density at radius 2 is 1.12 bits per heavy atom. The molecule has 12 rings (SSSR count). The van der Waals surface area contributed by atoms with Crippen LogP contribution in [0.4, 0.5) is 11.4 Å². The fourth-order valence-corrected chi connectivity index (χ4v) is 10.8. The monoisotopic (exact) mass is 744 g/mol. The van der Waals surface area contributed by atoms with Gasteiger partial charge in [-0.05, 0) is 81.9 Å². The van der Waals surface area contributed by atoms with E-state index in [1.165, 1.54) is 98.0 Å². The zero-order chi connectivity index (χ0) is 37.5. The third-order valence-electron chi connectivity index (χ3n) is 12.2. The van der Waals surface area contributed by atoms with Gasteiger partial charge < -0.3 is 9.47 Å². The Balaban J connectivity index is 1.01. The first-order valence-electron chi connectivity index (χ1n) is 19.8. The van der Waals surface area contributed by atoms with Crippen LogP contribution in [0.2, 0.25) is 0 Å². The number of hydrogen-bond donors (Lipinski definition) is 0. The van der Waals surface area contributed by atoms with Crippen LogP contribution >= 0.6 is 11.3 Å². The van der Waals surface area contributed by atoms with Crippen LogP contribution in [0.3, 0.4) is 0 Å². The lowest BCUT2D eigenvalue weighted by Gasteiger charge is -2.32. The van der Waals surface area contributed by atoms with Crippen LogP contribution in [0.5, 0.6) is 0 Å². The van der Waals surface area contributed by atoms with Gasteiger partial charge in [0, 0.05) is 59.5 Å². The highest BCUT2D eigenvalue weighted by atomic mass is 32.1. The largest absolute Gasteiger partial charge is 0.333 e. The molecular weight excluding hydrogens is 709 g/mol. The van der Waals surface area contributed by atoms with Crippen molar-refractivity contribution in [2.75, 3.05) is 4.90 Å². The Bertz CT molecular complexity index is 3240. The standard InChI is InChI=1S/C54H36N2S/c1-3-14-35(15-4-1)36-26-28-37(29-27-36)46-33-40(34-47-44-19-9-12-25-52(44)57-54(46)47)56-49-23-11-8-20-45(49)53-41(21-13-24-50(53)56)38-30-31-43-42-18-7-10-22-48(42)55(51(43)32-38)39-16-5-2-6-17-39/h1-34,50,53H. The summed E-state index contributed by atoms with van der Waals surface area (Å²) in [4.78, 5) is 2.61. The summed E-state index contributed by atoms with van der Waals surface area (Å²) in [5, 5.41) is 5.17. The molecule has 0 saturated carbocycles. The van der Waals surface area contributed by atoms with Gasteiger partial charge >= 0.3 is 0 Å². The molecule has 2 unspecified atom stereocenters. The molecule has 0 bridgehead atoms. The number of aromatic nitrogens is 1. The van der Waals surface area contributed by atoms with Gasteiger partial charge in [-0.15, -0.1) is 11.3 Å². The van der Waals surface area contributed by atoms with Gasteiger partial charge in [0.25, 0.3) is 0 Å². The molecule has 8 aromatic carbocycles. The smallest absolute Gasteiger partial charge is 0.0635 e. The molecule has 10 aromatic rings. The first-order valence-corrected chi connectivity index (χ1v) is 20.6. The average molecular weight is 745 g/mol. The fraction of sp³-hybridized carbons (Fsp3) is 0.0370. The number of nitrogens with zero attached hydrogens (tertiary/aromatic N) is 2.